The Hall–Kier alpha value is -6.31. The first-order valence-electron chi connectivity index (χ1n) is 16.6. The van der Waals surface area contributed by atoms with Gasteiger partial charge < -0.3 is 0 Å². The molecule has 0 N–H and O–H groups in total. The van der Waals surface area contributed by atoms with Crippen molar-refractivity contribution in [1.82, 2.24) is 4.98 Å². The van der Waals surface area contributed by atoms with E-state index < -0.39 is 0 Å². The van der Waals surface area contributed by atoms with Crippen LogP contribution in [0.1, 0.15) is 0 Å². The summed E-state index contributed by atoms with van der Waals surface area (Å²) in [6.07, 6.45) is 0. The van der Waals surface area contributed by atoms with Gasteiger partial charge in [-0.05, 0) is 89.3 Å². The first-order valence-corrected chi connectivity index (χ1v) is 16.6. The zero-order valence-corrected chi connectivity index (χ0v) is 26.2. The SMILES string of the molecule is c1ccc(-c2ccc3c(-c4ccc5c6c(cccc46)-c4c-5c(-c5ccccc5)c5ccccc5c4-c4ccccc4)cccc3n2)cc1. The zero-order valence-electron chi connectivity index (χ0n) is 26.2. The summed E-state index contributed by atoms with van der Waals surface area (Å²) in [5.41, 5.74) is 15.9. The van der Waals surface area contributed by atoms with E-state index in [0.717, 1.165) is 22.2 Å². The number of nitrogens with zero attached hydrogens (tertiary/aromatic N) is 1. The molecule has 0 aliphatic heterocycles. The molecule has 0 fully saturated rings. The fourth-order valence-electron chi connectivity index (χ4n) is 8.00. The number of rotatable bonds is 4. The quantitative estimate of drug-likeness (QED) is 0.194. The van der Waals surface area contributed by atoms with E-state index in [2.05, 4.69) is 170 Å². The van der Waals surface area contributed by atoms with Crippen LogP contribution in [0.4, 0.5) is 0 Å². The van der Waals surface area contributed by atoms with Gasteiger partial charge in [0.1, 0.15) is 0 Å². The number of benzene rings is 8. The van der Waals surface area contributed by atoms with Crippen LogP contribution in [0.3, 0.4) is 0 Å². The van der Waals surface area contributed by atoms with Crippen molar-refractivity contribution in [3.8, 4) is 66.9 Å². The normalized spacial score (nSPS) is 11.8. The molecule has 0 saturated heterocycles. The van der Waals surface area contributed by atoms with Gasteiger partial charge in [0, 0.05) is 10.9 Å². The van der Waals surface area contributed by atoms with E-state index >= 15 is 0 Å². The molecular weight excluding hydrogens is 579 g/mol. The molecule has 1 aliphatic carbocycles. The van der Waals surface area contributed by atoms with E-state index in [4.69, 9.17) is 4.98 Å². The van der Waals surface area contributed by atoms with E-state index in [0.29, 0.717) is 0 Å². The Morgan fingerprint density at radius 2 is 0.750 bits per heavy atom. The molecule has 1 heteroatoms. The largest absolute Gasteiger partial charge is 0.248 e. The highest BCUT2D eigenvalue weighted by Crippen LogP contribution is 2.58. The molecule has 1 nitrogen and oxygen atoms in total. The van der Waals surface area contributed by atoms with Gasteiger partial charge in [0.05, 0.1) is 11.2 Å². The van der Waals surface area contributed by atoms with Gasteiger partial charge in [0.25, 0.3) is 0 Å². The standard InChI is InChI=1S/C47H29N/c1-4-14-30(15-5-1)41-29-28-35-33(22-13-25-42(35)48-41)34-26-27-40-45-36(34)23-12-24-39(45)46-43(31-16-6-2-7-17-31)37-20-10-11-21-38(37)44(47(40)46)32-18-8-3-9-19-32/h1-29H. The monoisotopic (exact) mass is 607 g/mol. The Labute approximate surface area is 279 Å². The van der Waals surface area contributed by atoms with Gasteiger partial charge in [-0.3, -0.25) is 0 Å². The highest BCUT2D eigenvalue weighted by molar-refractivity contribution is 6.29. The van der Waals surface area contributed by atoms with Gasteiger partial charge in [0.15, 0.2) is 0 Å². The molecule has 1 heterocycles. The first kappa shape index (κ1) is 26.9. The number of fused-ring (bicyclic) bond motifs is 5. The predicted molar refractivity (Wildman–Crippen MR) is 203 cm³/mol. The van der Waals surface area contributed by atoms with E-state index in [1.807, 2.05) is 6.07 Å². The van der Waals surface area contributed by atoms with Crippen molar-refractivity contribution in [3.05, 3.63) is 176 Å². The van der Waals surface area contributed by atoms with Gasteiger partial charge in [-0.25, -0.2) is 4.98 Å². The lowest BCUT2D eigenvalue weighted by atomic mass is 9.82. The molecule has 0 spiro atoms. The molecule has 48 heavy (non-hydrogen) atoms. The second-order valence-corrected chi connectivity index (χ2v) is 12.6. The van der Waals surface area contributed by atoms with E-state index in [-0.39, 0.29) is 0 Å². The molecule has 0 unspecified atom stereocenters. The molecule has 9 aromatic rings. The lowest BCUT2D eigenvalue weighted by Crippen LogP contribution is -1.93. The maximum absolute atomic E-state index is 5.11. The van der Waals surface area contributed by atoms with Crippen LogP contribution in [-0.2, 0) is 0 Å². The van der Waals surface area contributed by atoms with Crippen LogP contribution in [0.2, 0.25) is 0 Å². The van der Waals surface area contributed by atoms with Crippen molar-refractivity contribution in [3.63, 3.8) is 0 Å². The number of aromatic nitrogens is 1. The summed E-state index contributed by atoms with van der Waals surface area (Å²) in [6, 6.07) is 63.7. The number of pyridine rings is 1. The summed E-state index contributed by atoms with van der Waals surface area (Å²) in [6.45, 7) is 0. The molecular formula is C47H29N. The molecule has 0 bridgehead atoms. The Bertz CT molecular complexity index is 2600. The van der Waals surface area contributed by atoms with Crippen LogP contribution in [0.25, 0.3) is 99.3 Å². The molecule has 0 atom stereocenters. The Balaban J connectivity index is 1.28. The fourth-order valence-corrected chi connectivity index (χ4v) is 8.00. The van der Waals surface area contributed by atoms with E-state index in [1.165, 1.54) is 77.2 Å². The molecule has 10 rings (SSSR count). The molecule has 8 aromatic carbocycles. The van der Waals surface area contributed by atoms with Gasteiger partial charge in [-0.2, -0.15) is 0 Å². The van der Waals surface area contributed by atoms with Gasteiger partial charge in [-0.1, -0.05) is 164 Å². The minimum Gasteiger partial charge on any atom is -0.248 e. The van der Waals surface area contributed by atoms with Crippen molar-refractivity contribution in [2.24, 2.45) is 0 Å². The van der Waals surface area contributed by atoms with Crippen LogP contribution in [0.5, 0.6) is 0 Å². The second-order valence-electron chi connectivity index (χ2n) is 12.6. The highest BCUT2D eigenvalue weighted by atomic mass is 14.7. The average molecular weight is 608 g/mol. The molecule has 0 saturated carbocycles. The molecule has 222 valence electrons. The van der Waals surface area contributed by atoms with Gasteiger partial charge in [-0.15, -0.1) is 0 Å². The van der Waals surface area contributed by atoms with Crippen molar-refractivity contribution in [2.75, 3.05) is 0 Å². The minimum atomic E-state index is 0.991. The van der Waals surface area contributed by atoms with Crippen LogP contribution >= 0.6 is 0 Å². The summed E-state index contributed by atoms with van der Waals surface area (Å²) in [5, 5.41) is 6.30. The van der Waals surface area contributed by atoms with Crippen LogP contribution in [0.15, 0.2) is 176 Å². The Morgan fingerprint density at radius 3 is 1.40 bits per heavy atom. The van der Waals surface area contributed by atoms with Crippen molar-refractivity contribution in [2.45, 2.75) is 0 Å². The van der Waals surface area contributed by atoms with Crippen LogP contribution < -0.4 is 0 Å². The third-order valence-corrected chi connectivity index (χ3v) is 10.0. The summed E-state index contributed by atoms with van der Waals surface area (Å²) in [4.78, 5) is 5.11. The first-order chi connectivity index (χ1) is 23.8. The average Bonchev–Trinajstić information content (AvgIpc) is 3.49. The van der Waals surface area contributed by atoms with Crippen molar-refractivity contribution in [1.29, 1.82) is 0 Å². The molecule has 0 amide bonds. The maximum Gasteiger partial charge on any atom is 0.0715 e. The van der Waals surface area contributed by atoms with Crippen molar-refractivity contribution >= 4 is 32.4 Å². The number of hydrogen-bond acceptors (Lipinski definition) is 1. The number of hydrogen-bond donors (Lipinski definition) is 0. The van der Waals surface area contributed by atoms with Gasteiger partial charge in [0.2, 0.25) is 0 Å². The van der Waals surface area contributed by atoms with Crippen LogP contribution in [-0.4, -0.2) is 4.98 Å². The zero-order chi connectivity index (χ0) is 31.6. The van der Waals surface area contributed by atoms with Crippen LogP contribution in [0, 0.1) is 0 Å². The summed E-state index contributed by atoms with van der Waals surface area (Å²) >= 11 is 0. The van der Waals surface area contributed by atoms with E-state index in [9.17, 15) is 0 Å². The Kier molecular flexibility index (Phi) is 5.94. The van der Waals surface area contributed by atoms with Gasteiger partial charge >= 0.3 is 0 Å². The topological polar surface area (TPSA) is 12.9 Å². The molecule has 0 radical (unpaired) electrons. The highest BCUT2D eigenvalue weighted by Gasteiger charge is 2.31. The lowest BCUT2D eigenvalue weighted by Gasteiger charge is -2.20. The Morgan fingerprint density at radius 1 is 0.271 bits per heavy atom. The third-order valence-electron chi connectivity index (χ3n) is 10.0. The summed E-state index contributed by atoms with van der Waals surface area (Å²) < 4.78 is 0. The lowest BCUT2D eigenvalue weighted by molar-refractivity contribution is 1.40. The minimum absolute atomic E-state index is 0.991. The van der Waals surface area contributed by atoms with Crippen molar-refractivity contribution < 1.29 is 0 Å². The smallest absolute Gasteiger partial charge is 0.0715 e. The van der Waals surface area contributed by atoms with E-state index in [1.54, 1.807) is 0 Å². The maximum atomic E-state index is 5.11. The summed E-state index contributed by atoms with van der Waals surface area (Å²) in [5.74, 6) is 0. The second kappa shape index (κ2) is 10.6. The molecule has 1 aromatic heterocycles. The predicted octanol–water partition coefficient (Wildman–Crippen LogP) is 12.9. The third kappa shape index (κ3) is 3.95. The summed E-state index contributed by atoms with van der Waals surface area (Å²) in [7, 11) is 0. The molecule has 1 aliphatic rings. The fraction of sp³-hybridized carbons (Fsp3) is 0.